The third-order valence-electron chi connectivity index (χ3n) is 5.40. The molecule has 1 amide bonds. The number of amides is 1. The van der Waals surface area contributed by atoms with E-state index in [-0.39, 0.29) is 35.7 Å². The van der Waals surface area contributed by atoms with Gasteiger partial charge in [0.25, 0.3) is 0 Å². The number of nitrogens with one attached hydrogen (secondary N) is 1. The Morgan fingerprint density at radius 3 is 1.97 bits per heavy atom. The van der Waals surface area contributed by atoms with Crippen LogP contribution >= 0.6 is 0 Å². The number of fused-ring (bicyclic) bond motifs is 3. The molecule has 1 atom stereocenters. The summed E-state index contributed by atoms with van der Waals surface area (Å²) in [7, 11) is 0. The molecule has 0 heterocycles. The summed E-state index contributed by atoms with van der Waals surface area (Å²) >= 11 is 0. The van der Waals surface area contributed by atoms with Gasteiger partial charge in [-0.25, -0.2) is 0 Å². The van der Waals surface area contributed by atoms with Crippen LogP contribution in [0.3, 0.4) is 0 Å². The van der Waals surface area contributed by atoms with Crippen molar-refractivity contribution in [3.63, 3.8) is 0 Å². The molecule has 2 aromatic rings. The van der Waals surface area contributed by atoms with Crippen LogP contribution in [-0.2, 0) is 14.3 Å². The largest absolute Gasteiger partial charge is 0.465 e. The highest BCUT2D eigenvalue weighted by Crippen LogP contribution is 2.44. The number of benzene rings is 2. The van der Waals surface area contributed by atoms with E-state index in [4.69, 9.17) is 4.74 Å². The number of carbonyl (C=O) groups excluding carboxylic acids is 2. The molecular formula is C25H31NO3. The van der Waals surface area contributed by atoms with E-state index < -0.39 is 5.92 Å². The van der Waals surface area contributed by atoms with Gasteiger partial charge in [0.15, 0.2) is 0 Å². The maximum absolute atomic E-state index is 12.6. The molecule has 0 radical (unpaired) electrons. The van der Waals surface area contributed by atoms with Gasteiger partial charge in [0.05, 0.1) is 12.3 Å². The van der Waals surface area contributed by atoms with E-state index in [9.17, 15) is 9.59 Å². The summed E-state index contributed by atoms with van der Waals surface area (Å²) in [6, 6.07) is 16.5. The first-order valence-electron chi connectivity index (χ1n) is 10.3. The lowest BCUT2D eigenvalue weighted by Crippen LogP contribution is -2.45. The smallest absolute Gasteiger partial charge is 0.306 e. The maximum Gasteiger partial charge on any atom is 0.306 e. The first-order valence-corrected chi connectivity index (χ1v) is 10.3. The lowest BCUT2D eigenvalue weighted by atomic mass is 9.90. The van der Waals surface area contributed by atoms with E-state index in [1.54, 1.807) is 0 Å². The third-order valence-corrected chi connectivity index (χ3v) is 5.40. The molecule has 0 aromatic heterocycles. The minimum Gasteiger partial charge on any atom is -0.465 e. The van der Waals surface area contributed by atoms with Crippen molar-refractivity contribution < 1.29 is 14.3 Å². The number of ether oxygens (including phenoxy) is 1. The molecule has 0 fully saturated rings. The summed E-state index contributed by atoms with van der Waals surface area (Å²) in [6.45, 7) is 10.0. The van der Waals surface area contributed by atoms with Crippen molar-refractivity contribution in [2.45, 2.75) is 52.5 Å². The van der Waals surface area contributed by atoms with E-state index in [1.165, 1.54) is 22.3 Å². The fourth-order valence-corrected chi connectivity index (χ4v) is 3.95. The van der Waals surface area contributed by atoms with Crippen LogP contribution in [0.1, 0.15) is 58.1 Å². The Morgan fingerprint density at radius 2 is 1.48 bits per heavy atom. The molecule has 4 nitrogen and oxygen atoms in total. The number of rotatable bonds is 6. The second-order valence-corrected chi connectivity index (χ2v) is 9.20. The lowest BCUT2D eigenvalue weighted by Gasteiger charge is -2.26. The molecule has 0 aliphatic heterocycles. The number of esters is 1. The molecule has 1 aliphatic rings. The predicted octanol–water partition coefficient (Wildman–Crippen LogP) is 4.92. The van der Waals surface area contributed by atoms with Gasteiger partial charge in [-0.05, 0) is 48.9 Å². The van der Waals surface area contributed by atoms with Crippen molar-refractivity contribution in [3.05, 3.63) is 59.7 Å². The van der Waals surface area contributed by atoms with Gasteiger partial charge in [0, 0.05) is 11.5 Å². The summed E-state index contributed by atoms with van der Waals surface area (Å²) in [5, 5.41) is 2.98. The second kappa shape index (κ2) is 8.40. The minimum atomic E-state index is -0.398. The molecule has 0 bridgehead atoms. The van der Waals surface area contributed by atoms with Gasteiger partial charge in [-0.2, -0.15) is 0 Å². The standard InChI is InChI=1S/C25H31NO3/c1-16(2)21(24(28)26-25(3,4)5)14-23(27)29-15-22-19-12-8-6-10-17(19)18-11-7-9-13-20(18)22/h6-13,16,21-22H,14-15H2,1-5H3,(H,26,28)/t21-/m0/s1. The van der Waals surface area contributed by atoms with Crippen LogP contribution in [0.2, 0.25) is 0 Å². The molecule has 0 saturated heterocycles. The summed E-state index contributed by atoms with van der Waals surface area (Å²) in [6.07, 6.45) is 0.0929. The Morgan fingerprint density at radius 1 is 0.966 bits per heavy atom. The molecule has 0 saturated carbocycles. The van der Waals surface area contributed by atoms with Crippen LogP contribution in [0.4, 0.5) is 0 Å². The summed E-state index contributed by atoms with van der Waals surface area (Å²) in [5.41, 5.74) is 4.45. The first kappa shape index (κ1) is 21.1. The fraction of sp³-hybridized carbons (Fsp3) is 0.440. The molecule has 1 N–H and O–H groups in total. The molecule has 3 rings (SSSR count). The quantitative estimate of drug-likeness (QED) is 0.709. The van der Waals surface area contributed by atoms with Gasteiger partial charge in [-0.1, -0.05) is 62.4 Å². The molecule has 1 aliphatic carbocycles. The van der Waals surface area contributed by atoms with Gasteiger partial charge in [0.2, 0.25) is 5.91 Å². The van der Waals surface area contributed by atoms with Gasteiger partial charge >= 0.3 is 5.97 Å². The fourth-order valence-electron chi connectivity index (χ4n) is 3.95. The van der Waals surface area contributed by atoms with E-state index in [1.807, 2.05) is 58.9 Å². The molecule has 2 aromatic carbocycles. The zero-order valence-electron chi connectivity index (χ0n) is 18.0. The number of hydrogen-bond donors (Lipinski definition) is 1. The topological polar surface area (TPSA) is 55.4 Å². The molecule has 4 heteroatoms. The summed E-state index contributed by atoms with van der Waals surface area (Å²) < 4.78 is 5.68. The van der Waals surface area contributed by atoms with Crippen molar-refractivity contribution in [2.75, 3.05) is 6.61 Å². The van der Waals surface area contributed by atoms with Gasteiger partial charge in [-0.3, -0.25) is 9.59 Å². The SMILES string of the molecule is CC(C)[C@H](CC(=O)OCC1c2ccccc2-c2ccccc21)C(=O)NC(C)(C)C. The van der Waals surface area contributed by atoms with Crippen molar-refractivity contribution in [1.82, 2.24) is 5.32 Å². The monoisotopic (exact) mass is 393 g/mol. The Labute approximate surface area is 173 Å². The molecule has 0 unspecified atom stereocenters. The van der Waals surface area contributed by atoms with Crippen molar-refractivity contribution >= 4 is 11.9 Å². The molecule has 29 heavy (non-hydrogen) atoms. The highest BCUT2D eigenvalue weighted by atomic mass is 16.5. The zero-order valence-corrected chi connectivity index (χ0v) is 18.0. The van der Waals surface area contributed by atoms with Crippen molar-refractivity contribution in [3.8, 4) is 11.1 Å². The zero-order chi connectivity index (χ0) is 21.2. The van der Waals surface area contributed by atoms with Crippen LogP contribution in [0.25, 0.3) is 11.1 Å². The maximum atomic E-state index is 12.6. The number of hydrogen-bond acceptors (Lipinski definition) is 3. The van der Waals surface area contributed by atoms with Crippen LogP contribution in [0.15, 0.2) is 48.5 Å². The van der Waals surface area contributed by atoms with Crippen molar-refractivity contribution in [2.24, 2.45) is 11.8 Å². The van der Waals surface area contributed by atoms with E-state index in [0.717, 1.165) is 0 Å². The van der Waals surface area contributed by atoms with E-state index >= 15 is 0 Å². The molecule has 154 valence electrons. The normalized spacial score (nSPS) is 14.3. The van der Waals surface area contributed by atoms with Crippen LogP contribution < -0.4 is 5.32 Å². The molecular weight excluding hydrogens is 362 g/mol. The third kappa shape index (κ3) is 4.87. The van der Waals surface area contributed by atoms with E-state index in [0.29, 0.717) is 6.61 Å². The average molecular weight is 394 g/mol. The predicted molar refractivity (Wildman–Crippen MR) is 116 cm³/mol. The Bertz CT molecular complexity index is 849. The minimum absolute atomic E-state index is 0.0345. The van der Waals surface area contributed by atoms with Gasteiger partial charge < -0.3 is 10.1 Å². The van der Waals surface area contributed by atoms with Gasteiger partial charge in [0.1, 0.15) is 6.61 Å². The average Bonchev–Trinajstić information content (AvgIpc) is 2.96. The number of carbonyl (C=O) groups is 2. The van der Waals surface area contributed by atoms with Crippen LogP contribution in [-0.4, -0.2) is 24.0 Å². The Hall–Kier alpha value is -2.62. The van der Waals surface area contributed by atoms with Crippen LogP contribution in [0.5, 0.6) is 0 Å². The highest BCUT2D eigenvalue weighted by molar-refractivity contribution is 5.84. The first-order chi connectivity index (χ1) is 13.7. The lowest BCUT2D eigenvalue weighted by molar-refractivity contribution is -0.148. The van der Waals surface area contributed by atoms with Gasteiger partial charge in [-0.15, -0.1) is 0 Å². The summed E-state index contributed by atoms with van der Waals surface area (Å²) in [4.78, 5) is 25.2. The summed E-state index contributed by atoms with van der Waals surface area (Å²) in [5.74, 6) is -0.731. The Kier molecular flexibility index (Phi) is 6.11. The van der Waals surface area contributed by atoms with Crippen LogP contribution in [0, 0.1) is 11.8 Å². The highest BCUT2D eigenvalue weighted by Gasteiger charge is 2.31. The second-order valence-electron chi connectivity index (χ2n) is 9.20. The van der Waals surface area contributed by atoms with E-state index in [2.05, 4.69) is 29.6 Å². The molecule has 0 spiro atoms. The van der Waals surface area contributed by atoms with Crippen molar-refractivity contribution in [1.29, 1.82) is 0 Å². The Balaban J connectivity index is 1.68.